The molecule has 0 saturated heterocycles. The van der Waals surface area contributed by atoms with Crippen LogP contribution in [0.2, 0.25) is 0 Å². The second-order valence-electron chi connectivity index (χ2n) is 3.26. The van der Waals surface area contributed by atoms with Crippen LogP contribution < -0.4 is 5.32 Å². The molecule has 1 unspecified atom stereocenters. The van der Waals surface area contributed by atoms with Gasteiger partial charge in [-0.3, -0.25) is 10.3 Å². The fourth-order valence-corrected chi connectivity index (χ4v) is 1.26. The van der Waals surface area contributed by atoms with E-state index in [0.29, 0.717) is 0 Å². The molecule has 0 fully saturated rings. The van der Waals surface area contributed by atoms with Gasteiger partial charge in [-0.25, -0.2) is 0 Å². The summed E-state index contributed by atoms with van der Waals surface area (Å²) in [6, 6.07) is 5.85. The van der Waals surface area contributed by atoms with Crippen molar-refractivity contribution in [1.29, 1.82) is 0 Å². The molecule has 0 amide bonds. The van der Waals surface area contributed by atoms with Crippen LogP contribution in [0.15, 0.2) is 18.2 Å². The lowest BCUT2D eigenvalue weighted by Gasteiger charge is -2.11. The first kappa shape index (κ1) is 10.7. The third-order valence-electron chi connectivity index (χ3n) is 1.97. The van der Waals surface area contributed by atoms with Gasteiger partial charge in [0.25, 0.3) is 0 Å². The Hall–Kier alpha value is -1.33. The molecule has 0 aliphatic carbocycles. The van der Waals surface area contributed by atoms with E-state index in [2.05, 4.69) is 23.1 Å². The average molecular weight is 188 g/mol. The molecule has 1 atom stereocenters. The molecule has 1 aromatic rings. The molecule has 2 nitrogen and oxygen atoms in total. The van der Waals surface area contributed by atoms with Crippen molar-refractivity contribution in [2.75, 3.05) is 6.54 Å². The van der Waals surface area contributed by atoms with E-state index < -0.39 is 0 Å². The minimum atomic E-state index is -0.0603. The minimum absolute atomic E-state index is 0.0603. The predicted molar refractivity (Wildman–Crippen MR) is 58.8 cm³/mol. The summed E-state index contributed by atoms with van der Waals surface area (Å²) >= 11 is 0. The number of nitrogens with one attached hydrogen (secondary N) is 1. The molecule has 0 saturated carbocycles. The molecule has 0 aromatic carbocycles. The Morgan fingerprint density at radius 2 is 2.36 bits per heavy atom. The fourth-order valence-electron chi connectivity index (χ4n) is 1.26. The number of pyridine rings is 1. The van der Waals surface area contributed by atoms with Crippen LogP contribution in [-0.2, 0) is 0 Å². The molecule has 1 heterocycles. The lowest BCUT2D eigenvalue weighted by atomic mass is 10.2. The molecule has 0 aliphatic rings. The van der Waals surface area contributed by atoms with Crippen molar-refractivity contribution in [3.05, 3.63) is 29.6 Å². The van der Waals surface area contributed by atoms with E-state index >= 15 is 0 Å². The molecule has 1 N–H and O–H groups in total. The highest BCUT2D eigenvalue weighted by atomic mass is 14.9. The van der Waals surface area contributed by atoms with Crippen molar-refractivity contribution >= 4 is 0 Å². The van der Waals surface area contributed by atoms with Crippen molar-refractivity contribution < 1.29 is 0 Å². The highest BCUT2D eigenvalue weighted by Gasteiger charge is 2.07. The van der Waals surface area contributed by atoms with Crippen LogP contribution >= 0.6 is 0 Å². The first-order valence-corrected chi connectivity index (χ1v) is 4.91. The van der Waals surface area contributed by atoms with Crippen molar-refractivity contribution in [2.24, 2.45) is 0 Å². The van der Waals surface area contributed by atoms with E-state index in [0.717, 1.165) is 24.4 Å². The number of rotatable bonds is 4. The van der Waals surface area contributed by atoms with Gasteiger partial charge in [0.2, 0.25) is 0 Å². The smallest absolute Gasteiger partial charge is 0.111 e. The first-order chi connectivity index (χ1) is 6.77. The van der Waals surface area contributed by atoms with Crippen molar-refractivity contribution in [3.63, 3.8) is 0 Å². The number of nitrogens with zero attached hydrogens (tertiary/aromatic N) is 1. The summed E-state index contributed by atoms with van der Waals surface area (Å²) in [5.74, 6) is 2.71. The Morgan fingerprint density at radius 1 is 1.57 bits per heavy atom. The van der Waals surface area contributed by atoms with Gasteiger partial charge in [-0.1, -0.05) is 18.9 Å². The van der Waals surface area contributed by atoms with E-state index in [9.17, 15) is 0 Å². The summed E-state index contributed by atoms with van der Waals surface area (Å²) < 4.78 is 0. The Morgan fingerprint density at radius 3 is 2.93 bits per heavy atom. The van der Waals surface area contributed by atoms with E-state index in [1.54, 1.807) is 0 Å². The monoisotopic (exact) mass is 188 g/mol. The SMILES string of the molecule is C#CC(NCCC)c1cccc(C)n1. The maximum atomic E-state index is 5.44. The topological polar surface area (TPSA) is 24.9 Å². The molecule has 0 bridgehead atoms. The second-order valence-corrected chi connectivity index (χ2v) is 3.26. The van der Waals surface area contributed by atoms with Gasteiger partial charge in [0.15, 0.2) is 0 Å². The Labute approximate surface area is 85.8 Å². The summed E-state index contributed by atoms with van der Waals surface area (Å²) in [6.45, 7) is 5.01. The lowest BCUT2D eigenvalue weighted by Crippen LogP contribution is -2.21. The number of terminal acetylenes is 1. The molecule has 0 radical (unpaired) electrons. The molecule has 0 spiro atoms. The van der Waals surface area contributed by atoms with Crippen molar-refractivity contribution in [1.82, 2.24) is 10.3 Å². The van der Waals surface area contributed by atoms with E-state index in [1.807, 2.05) is 25.1 Å². The average Bonchev–Trinajstić information content (AvgIpc) is 2.19. The zero-order chi connectivity index (χ0) is 10.4. The van der Waals surface area contributed by atoms with Gasteiger partial charge in [-0.15, -0.1) is 6.42 Å². The van der Waals surface area contributed by atoms with E-state index in [-0.39, 0.29) is 6.04 Å². The maximum absolute atomic E-state index is 5.44. The highest BCUT2D eigenvalue weighted by Crippen LogP contribution is 2.09. The Balaban J connectivity index is 2.75. The number of hydrogen-bond donors (Lipinski definition) is 1. The first-order valence-electron chi connectivity index (χ1n) is 4.91. The molecular weight excluding hydrogens is 172 g/mol. The van der Waals surface area contributed by atoms with Crippen LogP contribution in [0.1, 0.15) is 30.8 Å². The van der Waals surface area contributed by atoms with Crippen LogP contribution in [0, 0.1) is 19.3 Å². The van der Waals surface area contributed by atoms with Gasteiger partial charge in [0, 0.05) is 5.69 Å². The van der Waals surface area contributed by atoms with Gasteiger partial charge in [-0.05, 0) is 32.0 Å². The lowest BCUT2D eigenvalue weighted by molar-refractivity contribution is 0.613. The summed E-state index contributed by atoms with van der Waals surface area (Å²) in [7, 11) is 0. The van der Waals surface area contributed by atoms with Gasteiger partial charge < -0.3 is 0 Å². The summed E-state index contributed by atoms with van der Waals surface area (Å²) in [4.78, 5) is 4.39. The number of hydrogen-bond acceptors (Lipinski definition) is 2. The third-order valence-corrected chi connectivity index (χ3v) is 1.97. The molecule has 2 heteroatoms. The van der Waals surface area contributed by atoms with Crippen molar-refractivity contribution in [3.8, 4) is 12.3 Å². The van der Waals surface area contributed by atoms with Crippen LogP contribution in [-0.4, -0.2) is 11.5 Å². The quantitative estimate of drug-likeness (QED) is 0.732. The molecule has 14 heavy (non-hydrogen) atoms. The maximum Gasteiger partial charge on any atom is 0.111 e. The van der Waals surface area contributed by atoms with Crippen LogP contribution in [0.4, 0.5) is 0 Å². The third kappa shape index (κ3) is 2.86. The van der Waals surface area contributed by atoms with Crippen molar-refractivity contribution in [2.45, 2.75) is 26.3 Å². The van der Waals surface area contributed by atoms with Gasteiger partial charge >= 0.3 is 0 Å². The fraction of sp³-hybridized carbons (Fsp3) is 0.417. The zero-order valence-electron chi connectivity index (χ0n) is 8.75. The van der Waals surface area contributed by atoms with Gasteiger partial charge in [-0.2, -0.15) is 0 Å². The van der Waals surface area contributed by atoms with E-state index in [1.165, 1.54) is 0 Å². The van der Waals surface area contributed by atoms with Gasteiger partial charge in [0.05, 0.1) is 5.69 Å². The summed E-state index contributed by atoms with van der Waals surface area (Å²) in [5.41, 5.74) is 1.93. The van der Waals surface area contributed by atoms with Gasteiger partial charge in [0.1, 0.15) is 6.04 Å². The van der Waals surface area contributed by atoms with E-state index in [4.69, 9.17) is 6.42 Å². The minimum Gasteiger partial charge on any atom is -0.299 e. The Bertz CT molecular complexity index is 325. The number of aryl methyl sites for hydroxylation is 1. The Kier molecular flexibility index (Phi) is 4.15. The molecule has 74 valence electrons. The summed E-state index contributed by atoms with van der Waals surface area (Å²) in [5, 5.41) is 3.26. The summed E-state index contributed by atoms with van der Waals surface area (Å²) in [6.07, 6.45) is 6.52. The second kappa shape index (κ2) is 5.41. The zero-order valence-corrected chi connectivity index (χ0v) is 8.75. The standard InChI is InChI=1S/C12H16N2/c1-4-9-13-11(5-2)12-8-6-7-10(3)14-12/h2,6-8,11,13H,4,9H2,1,3H3. The predicted octanol–water partition coefficient (Wildman–Crippen LogP) is 2.06. The normalized spacial score (nSPS) is 12.1. The largest absolute Gasteiger partial charge is 0.299 e. The highest BCUT2D eigenvalue weighted by molar-refractivity contribution is 5.20. The van der Waals surface area contributed by atoms with Crippen LogP contribution in [0.3, 0.4) is 0 Å². The number of aromatic nitrogens is 1. The van der Waals surface area contributed by atoms with Crippen LogP contribution in [0.5, 0.6) is 0 Å². The van der Waals surface area contributed by atoms with Crippen LogP contribution in [0.25, 0.3) is 0 Å². The molecule has 1 aromatic heterocycles. The molecule has 0 aliphatic heterocycles. The molecule has 1 rings (SSSR count). The molecular formula is C12H16N2.